The smallest absolute Gasteiger partial charge is 0.0603 e. The molecule has 0 aliphatic heterocycles. The number of pyridine rings is 1. The number of nitrogens with zero attached hydrogens (tertiary/aromatic N) is 1. The van der Waals surface area contributed by atoms with Gasteiger partial charge in [-0.15, -0.1) is 0 Å². The first-order chi connectivity index (χ1) is 7.12. The summed E-state index contributed by atoms with van der Waals surface area (Å²) in [6.45, 7) is 4.00. The van der Waals surface area contributed by atoms with Gasteiger partial charge in [0.15, 0.2) is 0 Å². The lowest BCUT2D eigenvalue weighted by Crippen LogP contribution is -2.20. The van der Waals surface area contributed by atoms with Crippen LogP contribution in [-0.4, -0.2) is 15.4 Å². The van der Waals surface area contributed by atoms with E-state index in [1.54, 1.807) is 12.5 Å². The molecular formula is C11H18N2OS. The molecule has 15 heavy (non-hydrogen) atoms. The summed E-state index contributed by atoms with van der Waals surface area (Å²) in [5.41, 5.74) is 6.69. The molecule has 2 N–H and O–H groups in total. The van der Waals surface area contributed by atoms with E-state index in [0.29, 0.717) is 0 Å². The molecule has 3 nitrogen and oxygen atoms in total. The Morgan fingerprint density at radius 2 is 2.00 bits per heavy atom. The Kier molecular flexibility index (Phi) is 3.99. The van der Waals surface area contributed by atoms with E-state index >= 15 is 0 Å². The number of nitrogens with two attached hydrogens (primary N) is 1. The van der Waals surface area contributed by atoms with Gasteiger partial charge in [0, 0.05) is 12.5 Å². The molecule has 1 aliphatic carbocycles. The summed E-state index contributed by atoms with van der Waals surface area (Å²) in [6.07, 6.45) is 5.31. The standard InChI is InChI=1S/C9H12N2OS.C2H6/c1-13(12)7-2-3-8(11-6-7)9(10)4-5-9;1-2/h2-3,6H,4-5,10H2,1H3;1-2H3. The normalized spacial score (nSPS) is 18.7. The number of rotatable bonds is 2. The lowest BCUT2D eigenvalue weighted by Gasteiger charge is -2.07. The maximum Gasteiger partial charge on any atom is 0.0603 e. The van der Waals surface area contributed by atoms with Crippen molar-refractivity contribution in [3.8, 4) is 0 Å². The number of hydrogen-bond acceptors (Lipinski definition) is 3. The van der Waals surface area contributed by atoms with Crippen molar-refractivity contribution < 1.29 is 4.21 Å². The average molecular weight is 226 g/mol. The van der Waals surface area contributed by atoms with Gasteiger partial charge in [-0.2, -0.15) is 0 Å². The first-order valence-corrected chi connectivity index (χ1v) is 6.76. The Morgan fingerprint density at radius 1 is 1.40 bits per heavy atom. The minimum Gasteiger partial charge on any atom is -0.320 e. The van der Waals surface area contributed by atoms with Crippen LogP contribution in [0.25, 0.3) is 0 Å². The van der Waals surface area contributed by atoms with E-state index in [1.807, 2.05) is 26.0 Å². The van der Waals surface area contributed by atoms with Crippen LogP contribution in [0.4, 0.5) is 0 Å². The molecule has 1 saturated carbocycles. The van der Waals surface area contributed by atoms with Gasteiger partial charge < -0.3 is 5.73 Å². The largest absolute Gasteiger partial charge is 0.320 e. The molecule has 84 valence electrons. The van der Waals surface area contributed by atoms with Gasteiger partial charge in [-0.3, -0.25) is 9.19 Å². The summed E-state index contributed by atoms with van der Waals surface area (Å²) in [7, 11) is -0.947. The molecule has 0 spiro atoms. The third kappa shape index (κ3) is 2.86. The Bertz CT molecular complexity index is 344. The van der Waals surface area contributed by atoms with Crippen molar-refractivity contribution >= 4 is 10.8 Å². The van der Waals surface area contributed by atoms with Crippen LogP contribution in [0.5, 0.6) is 0 Å². The van der Waals surface area contributed by atoms with Gasteiger partial charge in [0.25, 0.3) is 0 Å². The minimum absolute atomic E-state index is 0.187. The van der Waals surface area contributed by atoms with Crippen molar-refractivity contribution in [3.63, 3.8) is 0 Å². The zero-order chi connectivity index (χ0) is 11.5. The summed E-state index contributed by atoms with van der Waals surface area (Å²) in [4.78, 5) is 4.97. The topological polar surface area (TPSA) is 56.0 Å². The van der Waals surface area contributed by atoms with Gasteiger partial charge in [0.1, 0.15) is 0 Å². The van der Waals surface area contributed by atoms with Crippen molar-refractivity contribution in [2.45, 2.75) is 37.1 Å². The lowest BCUT2D eigenvalue weighted by molar-refractivity contribution is 0.683. The molecule has 0 aromatic carbocycles. The fourth-order valence-electron chi connectivity index (χ4n) is 1.24. The second-order valence-corrected chi connectivity index (χ2v) is 4.87. The second kappa shape index (κ2) is 4.86. The highest BCUT2D eigenvalue weighted by molar-refractivity contribution is 7.84. The zero-order valence-corrected chi connectivity index (χ0v) is 10.3. The molecule has 1 aliphatic rings. The molecule has 2 rings (SSSR count). The zero-order valence-electron chi connectivity index (χ0n) is 9.49. The van der Waals surface area contributed by atoms with Crippen LogP contribution in [0, 0.1) is 0 Å². The molecule has 4 heteroatoms. The van der Waals surface area contributed by atoms with Gasteiger partial charge in [0.05, 0.1) is 26.9 Å². The van der Waals surface area contributed by atoms with Crippen LogP contribution < -0.4 is 5.73 Å². The van der Waals surface area contributed by atoms with Crippen LogP contribution >= 0.6 is 0 Å². The lowest BCUT2D eigenvalue weighted by atomic mass is 10.2. The Hall–Kier alpha value is -0.740. The van der Waals surface area contributed by atoms with Crippen molar-refractivity contribution in [1.82, 2.24) is 4.98 Å². The Labute approximate surface area is 93.6 Å². The third-order valence-electron chi connectivity index (χ3n) is 2.37. The highest BCUT2D eigenvalue weighted by atomic mass is 32.2. The summed E-state index contributed by atoms with van der Waals surface area (Å²) in [6, 6.07) is 3.72. The van der Waals surface area contributed by atoms with E-state index in [1.165, 1.54) is 0 Å². The molecule has 1 aromatic heterocycles. The van der Waals surface area contributed by atoms with Crippen LogP contribution in [0.3, 0.4) is 0 Å². The molecule has 0 bridgehead atoms. The summed E-state index contributed by atoms with van der Waals surface area (Å²) < 4.78 is 11.1. The van der Waals surface area contributed by atoms with Crippen LogP contribution in [0.2, 0.25) is 0 Å². The van der Waals surface area contributed by atoms with Crippen LogP contribution in [-0.2, 0) is 16.3 Å². The van der Waals surface area contributed by atoms with E-state index in [2.05, 4.69) is 4.98 Å². The third-order valence-corrected chi connectivity index (χ3v) is 3.27. The van der Waals surface area contributed by atoms with Crippen molar-refractivity contribution in [2.75, 3.05) is 6.26 Å². The van der Waals surface area contributed by atoms with Crippen LogP contribution in [0.15, 0.2) is 23.2 Å². The maximum absolute atomic E-state index is 11.1. The second-order valence-electron chi connectivity index (χ2n) is 3.49. The highest BCUT2D eigenvalue weighted by Gasteiger charge is 2.41. The van der Waals surface area contributed by atoms with Crippen molar-refractivity contribution in [2.24, 2.45) is 5.73 Å². The van der Waals surface area contributed by atoms with Gasteiger partial charge in [-0.25, -0.2) is 0 Å². The molecule has 1 fully saturated rings. The molecular weight excluding hydrogens is 208 g/mol. The van der Waals surface area contributed by atoms with Gasteiger partial charge >= 0.3 is 0 Å². The van der Waals surface area contributed by atoms with Gasteiger partial charge in [-0.1, -0.05) is 13.8 Å². The molecule has 1 heterocycles. The van der Waals surface area contributed by atoms with Gasteiger partial charge in [0.2, 0.25) is 0 Å². The molecule has 1 aromatic rings. The maximum atomic E-state index is 11.1. The number of hydrogen-bond donors (Lipinski definition) is 1. The molecule has 0 saturated heterocycles. The predicted molar refractivity (Wildman–Crippen MR) is 63.0 cm³/mol. The van der Waals surface area contributed by atoms with E-state index < -0.39 is 10.8 Å². The Balaban J connectivity index is 0.000000531. The molecule has 1 unspecified atom stereocenters. The molecule has 0 amide bonds. The van der Waals surface area contributed by atoms with E-state index in [0.717, 1.165) is 23.4 Å². The SMILES string of the molecule is CC.CS(=O)c1ccc(C2(N)CC2)nc1. The highest BCUT2D eigenvalue weighted by Crippen LogP contribution is 2.41. The predicted octanol–water partition coefficient (Wildman–Crippen LogP) is 1.79. The summed E-state index contributed by atoms with van der Waals surface area (Å²) in [5.74, 6) is 0. The molecule has 0 radical (unpaired) electrons. The fraction of sp³-hybridized carbons (Fsp3) is 0.545. The van der Waals surface area contributed by atoms with E-state index in [-0.39, 0.29) is 5.54 Å². The van der Waals surface area contributed by atoms with E-state index in [9.17, 15) is 4.21 Å². The minimum atomic E-state index is -0.947. The van der Waals surface area contributed by atoms with Crippen molar-refractivity contribution in [1.29, 1.82) is 0 Å². The summed E-state index contributed by atoms with van der Waals surface area (Å²) in [5, 5.41) is 0. The average Bonchev–Trinajstić information content (AvgIpc) is 3.01. The van der Waals surface area contributed by atoms with Gasteiger partial charge in [-0.05, 0) is 25.0 Å². The quantitative estimate of drug-likeness (QED) is 0.836. The van der Waals surface area contributed by atoms with E-state index in [4.69, 9.17) is 5.73 Å². The first-order valence-electron chi connectivity index (χ1n) is 5.21. The Morgan fingerprint density at radius 3 is 2.33 bits per heavy atom. The first kappa shape index (κ1) is 12.3. The fourth-order valence-corrected chi connectivity index (χ4v) is 1.70. The van der Waals surface area contributed by atoms with Crippen molar-refractivity contribution in [3.05, 3.63) is 24.0 Å². The molecule has 1 atom stereocenters. The van der Waals surface area contributed by atoms with Crippen LogP contribution in [0.1, 0.15) is 32.4 Å². The number of aromatic nitrogens is 1. The summed E-state index contributed by atoms with van der Waals surface area (Å²) >= 11 is 0. The monoisotopic (exact) mass is 226 g/mol.